The third-order valence-corrected chi connectivity index (χ3v) is 3.90. The Kier molecular flexibility index (Phi) is 8.52. The molecule has 29 heavy (non-hydrogen) atoms. The molecule has 156 valence electrons. The Labute approximate surface area is 171 Å². The van der Waals surface area contributed by atoms with Crippen LogP contribution in [0.5, 0.6) is 11.5 Å². The van der Waals surface area contributed by atoms with E-state index in [4.69, 9.17) is 14.2 Å². The van der Waals surface area contributed by atoms with Crippen molar-refractivity contribution in [3.05, 3.63) is 64.1 Å². The summed E-state index contributed by atoms with van der Waals surface area (Å²) < 4.78 is 16.3. The molecule has 0 atom stereocenters. The van der Waals surface area contributed by atoms with E-state index in [0.717, 1.165) is 17.7 Å². The summed E-state index contributed by atoms with van der Waals surface area (Å²) in [5.41, 5.74) is 1.09. The summed E-state index contributed by atoms with van der Waals surface area (Å²) in [4.78, 5) is 26.9. The number of hydrogen-bond donors (Lipinski definition) is 1. The van der Waals surface area contributed by atoms with Crippen molar-refractivity contribution in [1.82, 2.24) is 4.98 Å². The van der Waals surface area contributed by atoms with E-state index in [9.17, 15) is 9.59 Å². The van der Waals surface area contributed by atoms with Crippen LogP contribution in [-0.2, 0) is 16.1 Å². The maximum Gasteiger partial charge on any atom is 0.331 e. The zero-order valence-electron chi connectivity index (χ0n) is 17.4. The molecule has 0 aliphatic carbocycles. The van der Waals surface area contributed by atoms with Gasteiger partial charge in [0.1, 0.15) is 12.4 Å². The van der Waals surface area contributed by atoms with Crippen LogP contribution in [0, 0.1) is 5.92 Å². The second kappa shape index (κ2) is 11.1. The Hall–Kier alpha value is -3.02. The van der Waals surface area contributed by atoms with Crippen LogP contribution in [0.2, 0.25) is 0 Å². The first-order valence-electron chi connectivity index (χ1n) is 9.79. The molecule has 0 amide bonds. The topological polar surface area (TPSA) is 77.6 Å². The molecule has 0 bridgehead atoms. The van der Waals surface area contributed by atoms with Crippen molar-refractivity contribution in [2.45, 2.75) is 46.8 Å². The van der Waals surface area contributed by atoms with Gasteiger partial charge in [-0.05, 0) is 50.0 Å². The molecule has 1 aromatic heterocycles. The quantitative estimate of drug-likeness (QED) is 0.475. The van der Waals surface area contributed by atoms with E-state index in [1.165, 1.54) is 18.3 Å². The lowest BCUT2D eigenvalue weighted by atomic mass is 10.1. The normalized spacial score (nSPS) is 11.2. The van der Waals surface area contributed by atoms with Crippen LogP contribution in [0.3, 0.4) is 0 Å². The fraction of sp³-hybridized carbons (Fsp3) is 0.391. The number of H-pyrrole nitrogens is 1. The highest BCUT2D eigenvalue weighted by Crippen LogP contribution is 2.16. The molecule has 0 aliphatic rings. The van der Waals surface area contributed by atoms with E-state index in [-0.39, 0.29) is 23.9 Å². The highest BCUT2D eigenvalue weighted by Gasteiger charge is 2.06. The van der Waals surface area contributed by atoms with E-state index < -0.39 is 5.97 Å². The lowest BCUT2D eigenvalue weighted by Gasteiger charge is -2.09. The minimum atomic E-state index is -0.502. The number of hydrogen-bond acceptors (Lipinski definition) is 5. The summed E-state index contributed by atoms with van der Waals surface area (Å²) in [5, 5.41) is 0. The van der Waals surface area contributed by atoms with E-state index in [1.54, 1.807) is 6.08 Å². The summed E-state index contributed by atoms with van der Waals surface area (Å²) >= 11 is 0. The highest BCUT2D eigenvalue weighted by molar-refractivity contribution is 5.87. The zero-order chi connectivity index (χ0) is 21.2. The molecular formula is C23H29NO5. The Morgan fingerprint density at radius 2 is 1.97 bits per heavy atom. The van der Waals surface area contributed by atoms with Gasteiger partial charge in [-0.2, -0.15) is 0 Å². The molecule has 0 fully saturated rings. The van der Waals surface area contributed by atoms with Gasteiger partial charge >= 0.3 is 5.97 Å². The van der Waals surface area contributed by atoms with Crippen molar-refractivity contribution in [2.75, 3.05) is 6.61 Å². The molecule has 0 aliphatic heterocycles. The molecule has 0 unspecified atom stereocenters. The molecule has 2 aromatic rings. The zero-order valence-corrected chi connectivity index (χ0v) is 17.4. The predicted octanol–water partition coefficient (Wildman–Crippen LogP) is 4.34. The average Bonchev–Trinajstić information content (AvgIpc) is 2.66. The van der Waals surface area contributed by atoms with Crippen molar-refractivity contribution < 1.29 is 19.0 Å². The van der Waals surface area contributed by atoms with Crippen molar-refractivity contribution in [3.63, 3.8) is 0 Å². The number of aromatic amines is 1. The van der Waals surface area contributed by atoms with Crippen LogP contribution in [0.1, 0.15) is 45.4 Å². The molecule has 0 spiro atoms. The maximum atomic E-state index is 12.1. The average molecular weight is 399 g/mol. The van der Waals surface area contributed by atoms with E-state index in [2.05, 4.69) is 18.8 Å². The Morgan fingerprint density at radius 1 is 1.17 bits per heavy atom. The van der Waals surface area contributed by atoms with Crippen LogP contribution in [0.15, 0.2) is 47.4 Å². The number of carbonyl (C=O) groups is 1. The van der Waals surface area contributed by atoms with Gasteiger partial charge in [-0.25, -0.2) is 4.79 Å². The lowest BCUT2D eigenvalue weighted by molar-refractivity contribution is -0.139. The number of carbonyl (C=O) groups excluding carboxylic acids is 1. The number of benzene rings is 1. The summed E-state index contributed by atoms with van der Waals surface area (Å²) in [5.74, 6) is 1.01. The van der Waals surface area contributed by atoms with Crippen molar-refractivity contribution >= 4 is 12.0 Å². The number of nitrogens with one attached hydrogen (secondary N) is 1. The van der Waals surface area contributed by atoms with Gasteiger partial charge < -0.3 is 19.2 Å². The standard InChI is InChI=1S/C23H29NO5/c1-16(2)10-11-27-22-14-24-19(13-21(22)25)15-28-23(26)9-8-18-6-5-7-20(12-18)29-17(3)4/h5-9,12-14,16-17H,10-11,15H2,1-4H3,(H,24,25)/b9-8+. The van der Waals surface area contributed by atoms with Gasteiger partial charge in [-0.1, -0.05) is 26.0 Å². The molecule has 1 heterocycles. The monoisotopic (exact) mass is 399 g/mol. The molecule has 2 rings (SSSR count). The SMILES string of the molecule is CC(C)CCOc1c[nH]c(COC(=O)/C=C/c2cccc(OC(C)C)c2)cc1=O. The Morgan fingerprint density at radius 3 is 2.66 bits per heavy atom. The molecule has 0 radical (unpaired) electrons. The first-order valence-corrected chi connectivity index (χ1v) is 9.79. The minimum absolute atomic E-state index is 0.0266. The van der Waals surface area contributed by atoms with Gasteiger partial charge in [0.25, 0.3) is 0 Å². The van der Waals surface area contributed by atoms with Gasteiger partial charge in [-0.15, -0.1) is 0 Å². The predicted molar refractivity (Wildman–Crippen MR) is 113 cm³/mol. The van der Waals surface area contributed by atoms with Crippen molar-refractivity contribution in [1.29, 1.82) is 0 Å². The highest BCUT2D eigenvalue weighted by atomic mass is 16.5. The smallest absolute Gasteiger partial charge is 0.331 e. The molecule has 6 heteroatoms. The first kappa shape index (κ1) is 22.3. The molecule has 1 N–H and O–H groups in total. The van der Waals surface area contributed by atoms with Crippen LogP contribution >= 0.6 is 0 Å². The van der Waals surface area contributed by atoms with E-state index in [0.29, 0.717) is 18.2 Å². The van der Waals surface area contributed by atoms with E-state index >= 15 is 0 Å². The summed E-state index contributed by atoms with van der Waals surface area (Å²) in [7, 11) is 0. The molecule has 0 saturated heterocycles. The minimum Gasteiger partial charge on any atom is -0.491 e. The molecule has 0 saturated carbocycles. The molecule has 6 nitrogen and oxygen atoms in total. The number of ether oxygens (including phenoxy) is 3. The number of aromatic nitrogens is 1. The second-order valence-corrected chi connectivity index (χ2v) is 7.40. The van der Waals surface area contributed by atoms with Gasteiger partial charge in [-0.3, -0.25) is 4.79 Å². The van der Waals surface area contributed by atoms with Crippen molar-refractivity contribution in [2.24, 2.45) is 5.92 Å². The number of esters is 1. The lowest BCUT2D eigenvalue weighted by Crippen LogP contribution is -2.12. The van der Waals surface area contributed by atoms with Gasteiger partial charge in [0.15, 0.2) is 5.75 Å². The summed E-state index contributed by atoms with van der Waals surface area (Å²) in [6.45, 7) is 8.55. The van der Waals surface area contributed by atoms with E-state index in [1.807, 2.05) is 38.1 Å². The fourth-order valence-corrected chi connectivity index (χ4v) is 2.43. The Balaban J connectivity index is 1.86. The van der Waals surface area contributed by atoms with Gasteiger partial charge in [0.2, 0.25) is 5.43 Å². The van der Waals surface area contributed by atoms with Gasteiger partial charge in [0.05, 0.1) is 18.4 Å². The van der Waals surface area contributed by atoms with Crippen LogP contribution < -0.4 is 14.9 Å². The first-order chi connectivity index (χ1) is 13.8. The van der Waals surface area contributed by atoms with Crippen LogP contribution in [0.4, 0.5) is 0 Å². The van der Waals surface area contributed by atoms with Crippen molar-refractivity contribution in [3.8, 4) is 11.5 Å². The largest absolute Gasteiger partial charge is 0.491 e. The number of rotatable bonds is 10. The second-order valence-electron chi connectivity index (χ2n) is 7.40. The molecule has 1 aromatic carbocycles. The van der Waals surface area contributed by atoms with Gasteiger partial charge in [0, 0.05) is 18.3 Å². The fourth-order valence-electron chi connectivity index (χ4n) is 2.43. The summed E-state index contributed by atoms with van der Waals surface area (Å²) in [6.07, 6.45) is 5.45. The summed E-state index contributed by atoms with van der Waals surface area (Å²) in [6, 6.07) is 8.82. The third kappa shape index (κ3) is 8.25. The molecular weight excluding hydrogens is 370 g/mol. The Bertz CT molecular complexity index is 883. The number of pyridine rings is 1. The van der Waals surface area contributed by atoms with Crippen LogP contribution in [0.25, 0.3) is 6.08 Å². The third-order valence-electron chi connectivity index (χ3n) is 3.90. The van der Waals surface area contributed by atoms with Crippen LogP contribution in [-0.4, -0.2) is 23.7 Å². The maximum absolute atomic E-state index is 12.1.